The van der Waals surface area contributed by atoms with Crippen LogP contribution in [0.15, 0.2) is 0 Å². The molecule has 3 atom stereocenters. The standard InChI is InChI=1S/C11H24O6S/c1-8(13)9(7-12)17-11(10(14)15)16-5-3-2-4-6-18/h8-15,18H,2-7H2,1H3/t8-,9?,11?/m1/s1. The fourth-order valence-corrected chi connectivity index (χ4v) is 1.49. The Labute approximate surface area is 113 Å². The fourth-order valence-electron chi connectivity index (χ4n) is 1.27. The molecule has 0 saturated heterocycles. The average Bonchev–Trinajstić information content (AvgIpc) is 2.31. The molecule has 0 heterocycles. The van der Waals surface area contributed by atoms with Crippen molar-refractivity contribution in [1.29, 1.82) is 0 Å². The molecule has 0 amide bonds. The van der Waals surface area contributed by atoms with Gasteiger partial charge in [-0.15, -0.1) is 0 Å². The van der Waals surface area contributed by atoms with Gasteiger partial charge in [0.25, 0.3) is 0 Å². The van der Waals surface area contributed by atoms with E-state index in [1.165, 1.54) is 6.92 Å². The second-order valence-electron chi connectivity index (χ2n) is 4.03. The van der Waals surface area contributed by atoms with Gasteiger partial charge in [0.15, 0.2) is 0 Å². The molecular weight excluding hydrogens is 260 g/mol. The van der Waals surface area contributed by atoms with Crippen LogP contribution in [0.5, 0.6) is 0 Å². The summed E-state index contributed by atoms with van der Waals surface area (Å²) in [6, 6.07) is 0. The Hall–Kier alpha value is 0.110. The molecule has 0 spiro atoms. The van der Waals surface area contributed by atoms with Gasteiger partial charge in [0.1, 0.15) is 6.10 Å². The lowest BCUT2D eigenvalue weighted by Gasteiger charge is -2.26. The van der Waals surface area contributed by atoms with Gasteiger partial charge in [0.05, 0.1) is 12.7 Å². The molecule has 0 aliphatic carbocycles. The molecule has 4 N–H and O–H groups in total. The number of aliphatic hydroxyl groups is 4. The largest absolute Gasteiger partial charge is 0.394 e. The Bertz CT molecular complexity index is 190. The minimum atomic E-state index is -1.82. The zero-order valence-electron chi connectivity index (χ0n) is 10.6. The number of aliphatic hydroxyl groups excluding tert-OH is 3. The maximum Gasteiger partial charge on any atom is 0.209 e. The molecule has 0 aliphatic rings. The summed E-state index contributed by atoms with van der Waals surface area (Å²) in [4.78, 5) is 0. The van der Waals surface area contributed by atoms with Crippen molar-refractivity contribution >= 4 is 12.6 Å². The summed E-state index contributed by atoms with van der Waals surface area (Å²) in [5.41, 5.74) is 0. The van der Waals surface area contributed by atoms with E-state index in [0.717, 1.165) is 25.0 Å². The highest BCUT2D eigenvalue weighted by Crippen LogP contribution is 2.09. The third-order valence-electron chi connectivity index (χ3n) is 2.35. The van der Waals surface area contributed by atoms with Crippen molar-refractivity contribution in [1.82, 2.24) is 0 Å². The molecular formula is C11H24O6S. The summed E-state index contributed by atoms with van der Waals surface area (Å²) in [6.45, 7) is 1.33. The molecule has 110 valence electrons. The van der Waals surface area contributed by atoms with Crippen molar-refractivity contribution in [3.63, 3.8) is 0 Å². The predicted molar refractivity (Wildman–Crippen MR) is 69.3 cm³/mol. The molecule has 0 aromatic heterocycles. The van der Waals surface area contributed by atoms with Gasteiger partial charge >= 0.3 is 0 Å². The van der Waals surface area contributed by atoms with Crippen LogP contribution in [0.25, 0.3) is 0 Å². The molecule has 0 radical (unpaired) electrons. The Morgan fingerprint density at radius 3 is 2.22 bits per heavy atom. The van der Waals surface area contributed by atoms with Crippen LogP contribution in [0.4, 0.5) is 0 Å². The Balaban J connectivity index is 3.98. The second-order valence-corrected chi connectivity index (χ2v) is 4.48. The van der Waals surface area contributed by atoms with Crippen LogP contribution in [0.3, 0.4) is 0 Å². The van der Waals surface area contributed by atoms with Gasteiger partial charge < -0.3 is 29.9 Å². The van der Waals surface area contributed by atoms with Crippen LogP contribution in [0, 0.1) is 0 Å². The maximum atomic E-state index is 9.27. The molecule has 6 nitrogen and oxygen atoms in total. The molecule has 0 aromatic rings. The van der Waals surface area contributed by atoms with Crippen molar-refractivity contribution in [2.24, 2.45) is 0 Å². The van der Waals surface area contributed by atoms with Gasteiger partial charge in [0, 0.05) is 6.61 Å². The highest BCUT2D eigenvalue weighted by atomic mass is 32.1. The molecule has 0 fully saturated rings. The summed E-state index contributed by atoms with van der Waals surface area (Å²) >= 11 is 4.08. The molecule has 2 unspecified atom stereocenters. The van der Waals surface area contributed by atoms with Crippen LogP contribution in [-0.4, -0.2) is 64.2 Å². The van der Waals surface area contributed by atoms with Gasteiger partial charge in [0.2, 0.25) is 12.6 Å². The van der Waals surface area contributed by atoms with Crippen molar-refractivity contribution in [2.45, 2.75) is 51.0 Å². The quantitative estimate of drug-likeness (QED) is 0.199. The molecule has 0 bridgehead atoms. The monoisotopic (exact) mass is 284 g/mol. The number of hydrogen-bond donors (Lipinski definition) is 5. The molecule has 0 saturated carbocycles. The number of ether oxygens (including phenoxy) is 2. The summed E-state index contributed by atoms with van der Waals surface area (Å²) in [7, 11) is 0. The summed E-state index contributed by atoms with van der Waals surface area (Å²) in [5.74, 6) is 0.803. The normalized spacial score (nSPS) is 16.8. The lowest BCUT2D eigenvalue weighted by molar-refractivity contribution is -0.280. The number of rotatable bonds is 11. The van der Waals surface area contributed by atoms with Gasteiger partial charge in [-0.1, -0.05) is 6.42 Å². The van der Waals surface area contributed by atoms with E-state index in [9.17, 15) is 5.11 Å². The molecule has 0 rings (SSSR count). The SMILES string of the molecule is C[C@@H](O)C(CO)OC(OCCCCCS)C(O)O. The van der Waals surface area contributed by atoms with Gasteiger partial charge in [-0.2, -0.15) is 12.6 Å². The van der Waals surface area contributed by atoms with Crippen molar-refractivity contribution < 1.29 is 29.9 Å². The minimum Gasteiger partial charge on any atom is -0.394 e. The summed E-state index contributed by atoms with van der Waals surface area (Å²) in [6.07, 6.45) is -2.27. The zero-order valence-corrected chi connectivity index (χ0v) is 11.5. The van der Waals surface area contributed by atoms with Crippen LogP contribution < -0.4 is 0 Å². The topological polar surface area (TPSA) is 99.4 Å². The fraction of sp³-hybridized carbons (Fsp3) is 1.00. The molecule has 0 aromatic carbocycles. The third kappa shape index (κ3) is 8.25. The van der Waals surface area contributed by atoms with E-state index in [0.29, 0.717) is 6.61 Å². The Morgan fingerprint density at radius 1 is 1.11 bits per heavy atom. The highest BCUT2D eigenvalue weighted by Gasteiger charge is 2.25. The molecule has 18 heavy (non-hydrogen) atoms. The first-order chi connectivity index (χ1) is 8.52. The first-order valence-corrected chi connectivity index (χ1v) is 6.69. The Morgan fingerprint density at radius 2 is 1.78 bits per heavy atom. The smallest absolute Gasteiger partial charge is 0.209 e. The Kier molecular flexibility index (Phi) is 11.0. The van der Waals surface area contributed by atoms with Crippen LogP contribution in [-0.2, 0) is 9.47 Å². The first kappa shape index (κ1) is 18.1. The molecule has 0 aliphatic heterocycles. The van der Waals surface area contributed by atoms with E-state index in [1.54, 1.807) is 0 Å². The van der Waals surface area contributed by atoms with E-state index >= 15 is 0 Å². The summed E-state index contributed by atoms with van der Waals surface area (Å²) in [5, 5.41) is 36.4. The van der Waals surface area contributed by atoms with Gasteiger partial charge in [-0.25, -0.2) is 0 Å². The van der Waals surface area contributed by atoms with Crippen LogP contribution >= 0.6 is 12.6 Å². The van der Waals surface area contributed by atoms with Crippen LogP contribution in [0.1, 0.15) is 26.2 Å². The van der Waals surface area contributed by atoms with E-state index in [2.05, 4.69) is 12.6 Å². The first-order valence-electron chi connectivity index (χ1n) is 6.06. The molecule has 7 heteroatoms. The van der Waals surface area contributed by atoms with E-state index in [1.807, 2.05) is 0 Å². The van der Waals surface area contributed by atoms with Gasteiger partial charge in [-0.05, 0) is 25.5 Å². The summed E-state index contributed by atoms with van der Waals surface area (Å²) < 4.78 is 10.3. The number of thiol groups is 1. The maximum absolute atomic E-state index is 9.27. The lowest BCUT2D eigenvalue weighted by Crippen LogP contribution is -2.41. The lowest BCUT2D eigenvalue weighted by atomic mass is 10.2. The zero-order chi connectivity index (χ0) is 14.0. The van der Waals surface area contributed by atoms with Crippen molar-refractivity contribution in [3.8, 4) is 0 Å². The van der Waals surface area contributed by atoms with E-state index in [4.69, 9.17) is 24.8 Å². The second kappa shape index (κ2) is 11.0. The van der Waals surface area contributed by atoms with E-state index < -0.39 is 31.4 Å². The highest BCUT2D eigenvalue weighted by molar-refractivity contribution is 7.80. The third-order valence-corrected chi connectivity index (χ3v) is 2.67. The predicted octanol–water partition coefficient (Wildman–Crippen LogP) is -0.502. The van der Waals surface area contributed by atoms with Crippen LogP contribution in [0.2, 0.25) is 0 Å². The van der Waals surface area contributed by atoms with Crippen molar-refractivity contribution in [2.75, 3.05) is 19.0 Å². The van der Waals surface area contributed by atoms with Crippen molar-refractivity contribution in [3.05, 3.63) is 0 Å². The number of hydrogen-bond acceptors (Lipinski definition) is 7. The average molecular weight is 284 g/mol. The minimum absolute atomic E-state index is 0.314. The van der Waals surface area contributed by atoms with Gasteiger partial charge in [-0.3, -0.25) is 0 Å². The number of unbranched alkanes of at least 4 members (excludes halogenated alkanes) is 2. The van der Waals surface area contributed by atoms with E-state index in [-0.39, 0.29) is 0 Å².